The van der Waals surface area contributed by atoms with Crippen LogP contribution in [0.25, 0.3) is 0 Å². The monoisotopic (exact) mass is 167 g/mol. The number of hydrogen-bond acceptors (Lipinski definition) is 6. The Hall–Kier alpha value is -0.700. The molecule has 3 N–H and O–H groups in total. The molecule has 0 saturated heterocycles. The Balaban J connectivity index is 2.47. The average Bonchev–Trinajstić information content (AvgIpc) is 2.12. The van der Waals surface area contributed by atoms with Crippen molar-refractivity contribution in [3.05, 3.63) is 0 Å². The molecule has 1 heterocycles. The summed E-state index contributed by atoms with van der Waals surface area (Å²) in [5.74, 6) is 0. The number of nitrogens with one attached hydrogen (secondary N) is 2. The van der Waals surface area contributed by atoms with Crippen molar-refractivity contribution in [2.45, 2.75) is 6.35 Å². The van der Waals surface area contributed by atoms with Crippen molar-refractivity contribution in [3.8, 4) is 0 Å². The zero-order valence-electron chi connectivity index (χ0n) is 4.68. The molecule has 10 heavy (non-hydrogen) atoms. The summed E-state index contributed by atoms with van der Waals surface area (Å²) in [5.41, 5.74) is 4.63. The van der Waals surface area contributed by atoms with Crippen LogP contribution >= 0.6 is 0 Å². The minimum atomic E-state index is -4.42. The second kappa shape index (κ2) is 2.50. The number of hydrogen-bond donors (Lipinski definition) is 3. The van der Waals surface area contributed by atoms with Gasteiger partial charge in [0, 0.05) is 0 Å². The molecule has 0 radical (unpaired) electrons. The van der Waals surface area contributed by atoms with Crippen molar-refractivity contribution in [3.63, 3.8) is 0 Å². The summed E-state index contributed by atoms with van der Waals surface area (Å²) in [5, 5.41) is 0. The average molecular weight is 167 g/mol. The van der Waals surface area contributed by atoms with Crippen molar-refractivity contribution >= 4 is 16.7 Å². The van der Waals surface area contributed by atoms with E-state index in [1.807, 2.05) is 0 Å². The fraction of sp³-hybridized carbons (Fsp3) is 0.500. The van der Waals surface area contributed by atoms with Gasteiger partial charge in [0.15, 0.2) is 0 Å². The van der Waals surface area contributed by atoms with Gasteiger partial charge in [-0.1, -0.05) is 0 Å². The highest BCUT2D eigenvalue weighted by molar-refractivity contribution is 7.80. The van der Waals surface area contributed by atoms with Crippen LogP contribution < -0.4 is 10.9 Å². The molecule has 1 aliphatic heterocycles. The van der Waals surface area contributed by atoms with Gasteiger partial charge in [-0.15, -0.1) is 0 Å². The van der Waals surface area contributed by atoms with Gasteiger partial charge in [-0.2, -0.15) is 13.8 Å². The SMILES string of the molecule is O=S(=O)(O)OC1N=CNN1. The van der Waals surface area contributed by atoms with Crippen LogP contribution in [-0.4, -0.2) is 25.7 Å². The van der Waals surface area contributed by atoms with Crippen LogP contribution in [0.1, 0.15) is 0 Å². The Kier molecular flexibility index (Phi) is 1.85. The molecular formula is C2H5N3O4S. The maximum Gasteiger partial charge on any atom is 0.400 e. The van der Waals surface area contributed by atoms with Crippen LogP contribution in [-0.2, 0) is 14.6 Å². The molecule has 0 saturated carbocycles. The molecule has 7 nitrogen and oxygen atoms in total. The summed E-state index contributed by atoms with van der Waals surface area (Å²) >= 11 is 0. The Labute approximate surface area is 57.0 Å². The van der Waals surface area contributed by atoms with E-state index in [2.05, 4.69) is 20.0 Å². The smallest absolute Gasteiger partial charge is 0.308 e. The van der Waals surface area contributed by atoms with Crippen molar-refractivity contribution < 1.29 is 17.2 Å². The Bertz CT molecular complexity index is 233. The summed E-state index contributed by atoms with van der Waals surface area (Å²) in [6, 6.07) is 0. The van der Waals surface area contributed by atoms with Gasteiger partial charge in [0.05, 0.1) is 0 Å². The molecule has 1 rings (SSSR count). The zero-order valence-corrected chi connectivity index (χ0v) is 5.50. The zero-order chi connectivity index (χ0) is 7.61. The van der Waals surface area contributed by atoms with Gasteiger partial charge in [-0.05, 0) is 0 Å². The van der Waals surface area contributed by atoms with Crippen LogP contribution in [0.15, 0.2) is 4.99 Å². The van der Waals surface area contributed by atoms with Gasteiger partial charge in [0.2, 0.25) is 6.35 Å². The molecule has 58 valence electrons. The fourth-order valence-corrected chi connectivity index (χ4v) is 0.743. The third-order valence-electron chi connectivity index (χ3n) is 0.694. The van der Waals surface area contributed by atoms with Crippen LogP contribution in [0.4, 0.5) is 0 Å². The molecule has 0 aromatic rings. The third kappa shape index (κ3) is 2.27. The maximum atomic E-state index is 9.98. The molecule has 1 unspecified atom stereocenters. The van der Waals surface area contributed by atoms with Crippen LogP contribution in [0.2, 0.25) is 0 Å². The van der Waals surface area contributed by atoms with Crippen molar-refractivity contribution in [1.82, 2.24) is 10.9 Å². The highest BCUT2D eigenvalue weighted by Gasteiger charge is 2.16. The third-order valence-corrected chi connectivity index (χ3v) is 1.12. The lowest BCUT2D eigenvalue weighted by Crippen LogP contribution is -2.34. The van der Waals surface area contributed by atoms with Crippen molar-refractivity contribution in [2.75, 3.05) is 0 Å². The van der Waals surface area contributed by atoms with Gasteiger partial charge in [-0.25, -0.2) is 9.18 Å². The highest BCUT2D eigenvalue weighted by atomic mass is 32.3. The first-order chi connectivity index (χ1) is 4.58. The van der Waals surface area contributed by atoms with E-state index >= 15 is 0 Å². The second-order valence-electron chi connectivity index (χ2n) is 1.44. The topological polar surface area (TPSA) is 100 Å². The van der Waals surface area contributed by atoms with E-state index in [1.165, 1.54) is 6.34 Å². The summed E-state index contributed by atoms with van der Waals surface area (Å²) in [6.45, 7) is 0. The number of rotatable bonds is 2. The Morgan fingerprint density at radius 1 is 1.70 bits per heavy atom. The first kappa shape index (κ1) is 7.41. The largest absolute Gasteiger partial charge is 0.400 e. The fourth-order valence-electron chi connectivity index (χ4n) is 0.415. The molecule has 0 bridgehead atoms. The van der Waals surface area contributed by atoms with E-state index in [9.17, 15) is 8.42 Å². The standard InChI is InChI=1S/C2H5N3O4S/c6-10(7,8)9-2-3-1-4-5-2/h1-2,5H,(H,3,4)(H,6,7,8). The Morgan fingerprint density at radius 3 is 2.80 bits per heavy atom. The van der Waals surface area contributed by atoms with Crippen LogP contribution in [0, 0.1) is 0 Å². The lowest BCUT2D eigenvalue weighted by Gasteiger charge is -2.03. The molecule has 0 fully saturated rings. The van der Waals surface area contributed by atoms with E-state index < -0.39 is 16.8 Å². The van der Waals surface area contributed by atoms with Crippen LogP contribution in [0.5, 0.6) is 0 Å². The van der Waals surface area contributed by atoms with E-state index in [1.54, 1.807) is 0 Å². The van der Waals surface area contributed by atoms with Gasteiger partial charge in [0.1, 0.15) is 6.34 Å². The molecule has 1 atom stereocenters. The quantitative estimate of drug-likeness (QED) is 0.421. The number of nitrogens with zero attached hydrogens (tertiary/aromatic N) is 1. The molecule has 0 amide bonds. The number of aliphatic imine (C=N–C) groups is 1. The maximum absolute atomic E-state index is 9.98. The van der Waals surface area contributed by atoms with Gasteiger partial charge in [0.25, 0.3) is 0 Å². The van der Waals surface area contributed by atoms with E-state index in [-0.39, 0.29) is 0 Å². The van der Waals surface area contributed by atoms with Gasteiger partial charge in [-0.3, -0.25) is 4.55 Å². The molecule has 0 aliphatic carbocycles. The summed E-state index contributed by atoms with van der Waals surface area (Å²) < 4.78 is 32.0. The minimum absolute atomic E-state index is 1.07. The molecule has 1 aliphatic rings. The first-order valence-corrected chi connectivity index (χ1v) is 3.63. The molecule has 0 spiro atoms. The summed E-state index contributed by atoms with van der Waals surface area (Å²) in [7, 11) is -4.42. The second-order valence-corrected chi connectivity index (χ2v) is 2.49. The lowest BCUT2D eigenvalue weighted by atomic mass is 11.1. The predicted octanol–water partition coefficient (Wildman–Crippen LogP) is -1.77. The van der Waals surface area contributed by atoms with Gasteiger partial charge < -0.3 is 5.43 Å². The van der Waals surface area contributed by atoms with Crippen molar-refractivity contribution in [1.29, 1.82) is 0 Å². The van der Waals surface area contributed by atoms with E-state index in [0.29, 0.717) is 0 Å². The first-order valence-electron chi connectivity index (χ1n) is 2.26. The summed E-state index contributed by atoms with van der Waals surface area (Å²) in [6.07, 6.45) is 0.130. The van der Waals surface area contributed by atoms with Gasteiger partial charge >= 0.3 is 10.4 Å². The normalized spacial score (nSPS) is 24.7. The molecule has 0 aromatic heterocycles. The highest BCUT2D eigenvalue weighted by Crippen LogP contribution is 1.95. The predicted molar refractivity (Wildman–Crippen MR) is 31.2 cm³/mol. The number of hydrazine groups is 1. The minimum Gasteiger partial charge on any atom is -0.308 e. The van der Waals surface area contributed by atoms with Crippen LogP contribution in [0.3, 0.4) is 0 Å². The Morgan fingerprint density at radius 2 is 2.40 bits per heavy atom. The molecular weight excluding hydrogens is 162 g/mol. The summed E-state index contributed by atoms with van der Waals surface area (Å²) in [4.78, 5) is 3.41. The van der Waals surface area contributed by atoms with E-state index in [4.69, 9.17) is 4.55 Å². The molecule has 8 heteroatoms. The van der Waals surface area contributed by atoms with E-state index in [0.717, 1.165) is 0 Å². The molecule has 0 aromatic carbocycles. The van der Waals surface area contributed by atoms with Crippen molar-refractivity contribution in [2.24, 2.45) is 4.99 Å². The lowest BCUT2D eigenvalue weighted by molar-refractivity contribution is 0.162.